The van der Waals surface area contributed by atoms with Crippen LogP contribution in [0.4, 0.5) is 4.39 Å². The molecule has 0 fully saturated rings. The Labute approximate surface area is 172 Å². The van der Waals surface area contributed by atoms with Crippen LogP contribution < -0.4 is 0 Å². The van der Waals surface area contributed by atoms with Crippen molar-refractivity contribution in [1.29, 1.82) is 0 Å². The molecule has 0 saturated heterocycles. The fraction of sp³-hybridized carbons (Fsp3) is 0.273. The number of carbonyl (C=O) groups is 2. The highest BCUT2D eigenvalue weighted by atomic mass is 35.5. The van der Waals surface area contributed by atoms with Crippen LogP contribution in [0.15, 0.2) is 36.4 Å². The fourth-order valence-electron chi connectivity index (χ4n) is 3.71. The molecular weight excluding hydrogens is 397 g/mol. The van der Waals surface area contributed by atoms with Crippen LogP contribution in [0.1, 0.15) is 47.8 Å². The molecule has 2 aromatic carbocycles. The van der Waals surface area contributed by atoms with Gasteiger partial charge in [-0.3, -0.25) is 14.2 Å². The molecule has 3 aromatic rings. The maximum absolute atomic E-state index is 14.2. The maximum atomic E-state index is 14.2. The molecule has 1 heterocycles. The van der Waals surface area contributed by atoms with Gasteiger partial charge in [0.05, 0.1) is 11.4 Å². The Morgan fingerprint density at radius 3 is 2.48 bits per heavy atom. The molecule has 29 heavy (non-hydrogen) atoms. The lowest BCUT2D eigenvalue weighted by molar-refractivity contribution is -0.139. The predicted molar refractivity (Wildman–Crippen MR) is 109 cm³/mol. The summed E-state index contributed by atoms with van der Waals surface area (Å²) in [5.41, 5.74) is 1.27. The van der Waals surface area contributed by atoms with Gasteiger partial charge in [-0.2, -0.15) is 0 Å². The smallest absolute Gasteiger partial charge is 0.311 e. The number of hydrogen-bond donors (Lipinski definition) is 2. The first-order valence-corrected chi connectivity index (χ1v) is 9.56. The minimum absolute atomic E-state index is 0.0755. The Hall–Kier alpha value is -2.86. The third-order valence-electron chi connectivity index (χ3n) is 4.95. The standard InChI is InChI=1S/C22H21ClFNO4/c1-11(2)7-16(22(28)29)20-12(3)25(18-10-17(24)19(26)9-15(18)20)21(27)13-5-4-6-14(23)8-13/h4-6,8-11,16,26H,7H2,1-3H3,(H,28,29). The van der Waals surface area contributed by atoms with Gasteiger partial charge in [0, 0.05) is 27.7 Å². The van der Waals surface area contributed by atoms with E-state index in [2.05, 4.69) is 0 Å². The summed E-state index contributed by atoms with van der Waals surface area (Å²) in [7, 11) is 0. The highest BCUT2D eigenvalue weighted by Gasteiger charge is 2.30. The largest absolute Gasteiger partial charge is 0.505 e. The van der Waals surface area contributed by atoms with Crippen molar-refractivity contribution in [3.8, 4) is 5.75 Å². The van der Waals surface area contributed by atoms with Crippen molar-refractivity contribution in [2.24, 2.45) is 5.92 Å². The Bertz CT molecular complexity index is 1120. The lowest BCUT2D eigenvalue weighted by Gasteiger charge is -2.16. The number of fused-ring (bicyclic) bond motifs is 1. The molecule has 3 rings (SSSR count). The van der Waals surface area contributed by atoms with Crippen LogP contribution in [0.5, 0.6) is 5.75 Å². The highest BCUT2D eigenvalue weighted by molar-refractivity contribution is 6.31. The third kappa shape index (κ3) is 3.85. The van der Waals surface area contributed by atoms with Crippen molar-refractivity contribution in [3.05, 3.63) is 64.1 Å². The summed E-state index contributed by atoms with van der Waals surface area (Å²) in [6.45, 7) is 5.43. The van der Waals surface area contributed by atoms with Crippen molar-refractivity contribution in [2.45, 2.75) is 33.1 Å². The van der Waals surface area contributed by atoms with E-state index in [0.717, 1.165) is 6.07 Å². The van der Waals surface area contributed by atoms with E-state index in [9.17, 15) is 24.2 Å². The summed E-state index contributed by atoms with van der Waals surface area (Å²) >= 11 is 6.00. The van der Waals surface area contributed by atoms with Crippen LogP contribution in [0, 0.1) is 18.7 Å². The zero-order valence-corrected chi connectivity index (χ0v) is 17.0. The van der Waals surface area contributed by atoms with Gasteiger partial charge in [0.2, 0.25) is 0 Å². The number of carboxylic acid groups (broad SMARTS) is 1. The zero-order valence-electron chi connectivity index (χ0n) is 16.2. The van der Waals surface area contributed by atoms with Gasteiger partial charge in [0.1, 0.15) is 0 Å². The number of halogens is 2. The third-order valence-corrected chi connectivity index (χ3v) is 5.18. The van der Waals surface area contributed by atoms with E-state index >= 15 is 0 Å². The van der Waals surface area contributed by atoms with E-state index in [1.165, 1.54) is 16.7 Å². The molecule has 1 atom stereocenters. The van der Waals surface area contributed by atoms with Crippen LogP contribution in [-0.4, -0.2) is 26.7 Å². The lowest BCUT2D eigenvalue weighted by atomic mass is 9.88. The number of carboxylic acids is 1. The second-order valence-electron chi connectivity index (χ2n) is 7.49. The van der Waals surface area contributed by atoms with Gasteiger partial charge in [0.25, 0.3) is 5.91 Å². The molecular formula is C22H21ClFNO4. The SMILES string of the molecule is Cc1c(C(CC(C)C)C(=O)O)c2cc(O)c(F)cc2n1C(=O)c1cccc(Cl)c1. The van der Waals surface area contributed by atoms with E-state index in [0.29, 0.717) is 28.1 Å². The van der Waals surface area contributed by atoms with E-state index in [1.54, 1.807) is 25.1 Å². The zero-order chi connectivity index (χ0) is 21.5. The van der Waals surface area contributed by atoms with Crippen molar-refractivity contribution in [1.82, 2.24) is 4.57 Å². The Morgan fingerprint density at radius 1 is 1.21 bits per heavy atom. The van der Waals surface area contributed by atoms with Crippen LogP contribution in [0.3, 0.4) is 0 Å². The van der Waals surface area contributed by atoms with Crippen LogP contribution in [0.25, 0.3) is 10.9 Å². The molecule has 0 aliphatic carbocycles. The van der Waals surface area contributed by atoms with Gasteiger partial charge in [-0.15, -0.1) is 0 Å². The fourth-order valence-corrected chi connectivity index (χ4v) is 3.90. The van der Waals surface area contributed by atoms with Gasteiger partial charge in [-0.25, -0.2) is 4.39 Å². The molecule has 0 saturated carbocycles. The Balaban J connectivity index is 2.33. The van der Waals surface area contributed by atoms with Crippen molar-refractivity contribution < 1.29 is 24.2 Å². The van der Waals surface area contributed by atoms with Gasteiger partial charge >= 0.3 is 5.97 Å². The van der Waals surface area contributed by atoms with Gasteiger partial charge in [0.15, 0.2) is 11.6 Å². The number of aromatic hydroxyl groups is 1. The first-order chi connectivity index (χ1) is 13.6. The van der Waals surface area contributed by atoms with Crippen molar-refractivity contribution >= 4 is 34.4 Å². The number of phenols is 1. The average molecular weight is 418 g/mol. The molecule has 5 nitrogen and oxygen atoms in total. The monoisotopic (exact) mass is 417 g/mol. The second kappa shape index (κ2) is 7.87. The van der Waals surface area contributed by atoms with E-state index in [-0.39, 0.29) is 17.0 Å². The van der Waals surface area contributed by atoms with Crippen LogP contribution in [0.2, 0.25) is 5.02 Å². The quantitative estimate of drug-likeness (QED) is 0.586. The number of aliphatic carboxylic acids is 1. The average Bonchev–Trinajstić information content (AvgIpc) is 2.90. The van der Waals surface area contributed by atoms with Gasteiger partial charge in [-0.05, 0) is 49.1 Å². The highest BCUT2D eigenvalue weighted by Crippen LogP contribution is 2.38. The molecule has 0 bridgehead atoms. The molecule has 1 unspecified atom stereocenters. The normalized spacial score (nSPS) is 12.5. The molecule has 1 aromatic heterocycles. The van der Waals surface area contributed by atoms with Gasteiger partial charge in [-0.1, -0.05) is 31.5 Å². The van der Waals surface area contributed by atoms with Crippen LogP contribution >= 0.6 is 11.6 Å². The predicted octanol–water partition coefficient (Wildman–Crippen LogP) is 5.35. The topological polar surface area (TPSA) is 79.5 Å². The number of phenolic OH excluding ortho intramolecular Hbond substituents is 1. The second-order valence-corrected chi connectivity index (χ2v) is 7.93. The summed E-state index contributed by atoms with van der Waals surface area (Å²) in [4.78, 5) is 25.3. The molecule has 0 aliphatic rings. The number of hydrogen-bond acceptors (Lipinski definition) is 3. The van der Waals surface area contributed by atoms with E-state index < -0.39 is 29.4 Å². The first-order valence-electron chi connectivity index (χ1n) is 9.18. The maximum Gasteiger partial charge on any atom is 0.311 e. The Kier molecular flexibility index (Phi) is 5.66. The molecule has 152 valence electrons. The number of carbonyl (C=O) groups excluding carboxylic acids is 1. The van der Waals surface area contributed by atoms with E-state index in [1.807, 2.05) is 13.8 Å². The minimum Gasteiger partial charge on any atom is -0.505 e. The molecule has 2 N–H and O–H groups in total. The van der Waals surface area contributed by atoms with E-state index in [4.69, 9.17) is 11.6 Å². The lowest BCUT2D eigenvalue weighted by Crippen LogP contribution is -2.17. The summed E-state index contributed by atoms with van der Waals surface area (Å²) < 4.78 is 15.4. The summed E-state index contributed by atoms with van der Waals surface area (Å²) in [6.07, 6.45) is 0.332. The first kappa shape index (κ1) is 20.9. The molecule has 7 heteroatoms. The van der Waals surface area contributed by atoms with Crippen LogP contribution in [-0.2, 0) is 4.79 Å². The van der Waals surface area contributed by atoms with Crippen molar-refractivity contribution in [3.63, 3.8) is 0 Å². The molecule has 0 radical (unpaired) electrons. The minimum atomic E-state index is -1.04. The number of nitrogens with zero attached hydrogens (tertiary/aromatic N) is 1. The molecule has 0 amide bonds. The summed E-state index contributed by atoms with van der Waals surface area (Å²) in [5, 5.41) is 20.4. The molecule has 0 spiro atoms. The molecule has 0 aliphatic heterocycles. The summed E-state index contributed by atoms with van der Waals surface area (Å²) in [6, 6.07) is 8.57. The number of aromatic nitrogens is 1. The summed E-state index contributed by atoms with van der Waals surface area (Å²) in [5.74, 6) is -3.82. The Morgan fingerprint density at radius 2 is 1.90 bits per heavy atom. The number of benzene rings is 2. The number of rotatable bonds is 5. The van der Waals surface area contributed by atoms with Gasteiger partial charge < -0.3 is 10.2 Å². The van der Waals surface area contributed by atoms with Crippen molar-refractivity contribution in [2.75, 3.05) is 0 Å².